The van der Waals surface area contributed by atoms with E-state index in [2.05, 4.69) is 224 Å². The Morgan fingerprint density at radius 3 is 0.691 bits per heavy atom. The molecule has 5 heterocycles. The second kappa shape index (κ2) is 51.2. The molecule has 20 rings (SSSR count). The number of nitrogens with zero attached hydrogens (tertiary/aromatic N) is 15. The number of rotatable bonds is 31. The molecule has 13 N–H and O–H groups in total. The minimum absolute atomic E-state index is 0.207. The first-order chi connectivity index (χ1) is 72.5. The molecule has 0 saturated carbocycles. The van der Waals surface area contributed by atoms with Gasteiger partial charge in [0.15, 0.2) is 5.16 Å². The van der Waals surface area contributed by atoms with Gasteiger partial charge < -0.3 is 73.9 Å². The highest BCUT2D eigenvalue weighted by molar-refractivity contribution is 7.99. The van der Waals surface area contributed by atoms with E-state index in [1.165, 1.54) is 50.7 Å². The maximum Gasteiger partial charge on any atom is 0.328 e. The number of anilines is 26. The summed E-state index contributed by atoms with van der Waals surface area (Å²) in [7, 11) is 0. The molecule has 15 aromatic carbocycles. The largest absolute Gasteiger partial charge is 0.424 e. The summed E-state index contributed by atoms with van der Waals surface area (Å²) < 4.78 is 5.85. The number of para-hydroxylation sites is 7. The van der Waals surface area contributed by atoms with Gasteiger partial charge in [-0.2, -0.15) is 74.8 Å². The van der Waals surface area contributed by atoms with Gasteiger partial charge in [-0.05, 0) is 286 Å². The number of hydrogen-bond acceptors (Lipinski definition) is 30. The van der Waals surface area contributed by atoms with E-state index in [4.69, 9.17) is 4.74 Å². The third kappa shape index (κ3) is 31.9. The Morgan fingerprint density at radius 2 is 0.416 bits per heavy atom. The summed E-state index contributed by atoms with van der Waals surface area (Å²) in [6, 6.07) is 125. The van der Waals surface area contributed by atoms with Crippen molar-refractivity contribution in [3.8, 4) is 11.8 Å². The number of hydrogen-bond donors (Lipinski definition) is 13. The molecule has 0 amide bonds. The second-order valence-corrected chi connectivity index (χ2v) is 36.1. The van der Waals surface area contributed by atoms with Gasteiger partial charge in [-0.15, -0.1) is 0 Å². The molecule has 149 heavy (non-hydrogen) atoms. The van der Waals surface area contributed by atoms with Crippen LogP contribution in [0.1, 0.15) is 79.2 Å². The lowest BCUT2D eigenvalue weighted by Crippen LogP contribution is -2.08. The first kappa shape index (κ1) is 103. The lowest BCUT2D eigenvalue weighted by atomic mass is 10.1. The Hall–Kier alpha value is -19.1. The van der Waals surface area contributed by atoms with Crippen molar-refractivity contribution >= 4 is 163 Å². The molecular formula is C119H116N28OS. The molecule has 20 aromatic rings. The minimum atomic E-state index is 0.207. The molecule has 0 aliphatic rings. The van der Waals surface area contributed by atoms with Gasteiger partial charge in [0.25, 0.3) is 0 Å². The Bertz CT molecular complexity index is 7290. The minimum Gasteiger partial charge on any atom is -0.424 e. The Morgan fingerprint density at radius 1 is 0.188 bits per heavy atom. The standard InChI is InChI=1S/C25H26N6.2C24H24N6.C23H21N5O.C23H21N5S/c1-4-19-7-5-6-8-22(19)28-25-30-23(26-20-13-9-17(2)10-14-20)29-24(31-25)27-21-15-11-18(3)12-16-21;1-16-7-11-19(12-8-16)25-22-28-23(26-20-13-9-17(2)10-14-20)30-24(29-22)27-21-6-4-5-18(3)15-21;1-16-8-12-19(13-9-16)25-22-28-23(26-20-14-10-17(2)11-15-20)30-24(29-22)27-21-7-5-4-6-18(21)3;2*1-16-10-6-8-14-19(16)24-21-26-22(25-20-15-9-7-11-17(20)2)28-23(27-21)29-18-12-4-3-5-13-18/h5-16H,4H2,1-3H3,(H3,26,27,28,29,30,31);2*4-15H,1-3H3,(H3,25,26,27,28,29,30);2*3-15H,1-2H3,(H2,24,25,26,27,28). The summed E-state index contributed by atoms with van der Waals surface area (Å²) in [5, 5.41) is 43.3. The average molecular weight is 1990 g/mol. The molecule has 0 radical (unpaired) electrons. The van der Waals surface area contributed by atoms with Gasteiger partial charge in [0.05, 0.1) is 0 Å². The van der Waals surface area contributed by atoms with Crippen molar-refractivity contribution in [3.63, 3.8) is 0 Å². The molecule has 0 bridgehead atoms. The van der Waals surface area contributed by atoms with E-state index < -0.39 is 0 Å². The number of nitrogens with one attached hydrogen (secondary N) is 13. The molecular weight excluding hydrogens is 1870 g/mol. The number of aromatic nitrogens is 15. The molecule has 30 heteroatoms. The summed E-state index contributed by atoms with van der Waals surface area (Å²) in [6.07, 6.45) is 0.914. The zero-order chi connectivity index (χ0) is 104. The van der Waals surface area contributed by atoms with Crippen molar-refractivity contribution in [2.45, 2.75) is 106 Å². The monoisotopic (exact) mass is 1980 g/mol. The van der Waals surface area contributed by atoms with Crippen molar-refractivity contribution in [2.24, 2.45) is 0 Å². The fourth-order valence-electron chi connectivity index (χ4n) is 14.5. The van der Waals surface area contributed by atoms with Crippen LogP contribution in [-0.4, -0.2) is 74.8 Å². The topological polar surface area (TPSA) is 359 Å². The van der Waals surface area contributed by atoms with E-state index >= 15 is 0 Å². The molecule has 0 spiro atoms. The first-order valence-electron chi connectivity index (χ1n) is 48.6. The summed E-state index contributed by atoms with van der Waals surface area (Å²) in [5.74, 6) is 6.61. The molecule has 0 fully saturated rings. The van der Waals surface area contributed by atoms with Crippen molar-refractivity contribution < 1.29 is 4.74 Å². The van der Waals surface area contributed by atoms with Crippen LogP contribution in [0.25, 0.3) is 0 Å². The van der Waals surface area contributed by atoms with Gasteiger partial charge in [-0.3, -0.25) is 0 Å². The molecule has 29 nitrogen and oxygen atoms in total. The van der Waals surface area contributed by atoms with Gasteiger partial charge >= 0.3 is 6.01 Å². The van der Waals surface area contributed by atoms with E-state index in [0.717, 1.165) is 119 Å². The highest BCUT2D eigenvalue weighted by Gasteiger charge is 2.19. The van der Waals surface area contributed by atoms with Crippen LogP contribution in [0.2, 0.25) is 0 Å². The van der Waals surface area contributed by atoms with Crippen LogP contribution in [0.4, 0.5) is 151 Å². The van der Waals surface area contributed by atoms with Crippen molar-refractivity contribution in [1.82, 2.24) is 74.8 Å². The van der Waals surface area contributed by atoms with Gasteiger partial charge in [-0.1, -0.05) is 271 Å². The van der Waals surface area contributed by atoms with E-state index in [1.807, 2.05) is 386 Å². The van der Waals surface area contributed by atoms with E-state index in [0.29, 0.717) is 88.2 Å². The molecule has 0 atom stereocenters. The molecule has 744 valence electrons. The molecule has 5 aromatic heterocycles. The average Bonchev–Trinajstić information content (AvgIpc) is 0.841. The third-order valence-electron chi connectivity index (χ3n) is 22.8. The van der Waals surface area contributed by atoms with E-state index in [9.17, 15) is 0 Å². The maximum atomic E-state index is 5.85. The van der Waals surface area contributed by atoms with Crippen LogP contribution in [-0.2, 0) is 6.42 Å². The fraction of sp³-hybridized carbons (Fsp3) is 0.118. The Labute approximate surface area is 872 Å². The van der Waals surface area contributed by atoms with Crippen LogP contribution in [0, 0.1) is 83.1 Å². The Balaban J connectivity index is 0.000000133. The molecule has 0 aliphatic carbocycles. The van der Waals surface area contributed by atoms with Crippen LogP contribution in [0.15, 0.2) is 386 Å². The van der Waals surface area contributed by atoms with Gasteiger partial charge in [-0.25, -0.2) is 0 Å². The van der Waals surface area contributed by atoms with Gasteiger partial charge in [0.2, 0.25) is 77.3 Å². The molecule has 0 unspecified atom stereocenters. The lowest BCUT2D eigenvalue weighted by molar-refractivity contribution is 0.441. The number of benzene rings is 15. The third-order valence-corrected chi connectivity index (χ3v) is 23.6. The van der Waals surface area contributed by atoms with Crippen molar-refractivity contribution in [3.05, 3.63) is 448 Å². The highest BCUT2D eigenvalue weighted by atomic mass is 32.2. The number of ether oxygens (including phenoxy) is 1. The lowest BCUT2D eigenvalue weighted by Gasteiger charge is -2.13. The van der Waals surface area contributed by atoms with E-state index in [1.54, 1.807) is 0 Å². The zero-order valence-electron chi connectivity index (χ0n) is 85.0. The quantitative estimate of drug-likeness (QED) is 0.0192. The fourth-order valence-corrected chi connectivity index (χ4v) is 15.3. The van der Waals surface area contributed by atoms with Crippen LogP contribution in [0.5, 0.6) is 11.8 Å². The first-order valence-corrected chi connectivity index (χ1v) is 49.4. The SMILES string of the molecule is CCc1ccccc1Nc1nc(Nc2ccc(C)cc2)nc(Nc2ccc(C)cc2)n1.Cc1ccc(Nc2nc(Nc3ccc(C)cc3)nc(Nc3cccc(C)c3)n2)cc1.Cc1ccc(Nc2nc(Nc3ccc(C)cc3)nc(Nc3ccccc3C)n2)cc1.Cc1ccccc1Nc1nc(Nc2ccccc2C)nc(Oc2ccccc2)n1.Cc1ccccc1Nc1nc(Nc2ccccc2C)nc(Sc2ccccc2)n1. The smallest absolute Gasteiger partial charge is 0.328 e. The van der Waals surface area contributed by atoms with E-state index in [-0.39, 0.29) is 6.01 Å². The van der Waals surface area contributed by atoms with Gasteiger partial charge in [0.1, 0.15) is 5.75 Å². The van der Waals surface area contributed by atoms with Crippen molar-refractivity contribution in [2.75, 3.05) is 69.1 Å². The maximum absolute atomic E-state index is 5.85. The predicted octanol–water partition coefficient (Wildman–Crippen LogP) is 30.2. The summed E-state index contributed by atoms with van der Waals surface area (Å²) in [6.45, 7) is 26.7. The van der Waals surface area contributed by atoms with Crippen LogP contribution >= 0.6 is 11.8 Å². The normalized spacial score (nSPS) is 10.5. The molecule has 0 aliphatic heterocycles. The predicted molar refractivity (Wildman–Crippen MR) is 609 cm³/mol. The highest BCUT2D eigenvalue weighted by Crippen LogP contribution is 2.34. The number of aryl methyl sites for hydroxylation is 13. The van der Waals surface area contributed by atoms with Crippen molar-refractivity contribution in [1.29, 1.82) is 0 Å². The Kier molecular flexibility index (Phi) is 35.3. The zero-order valence-corrected chi connectivity index (χ0v) is 85.8. The summed E-state index contributed by atoms with van der Waals surface area (Å²) in [4.78, 5) is 69.3. The summed E-state index contributed by atoms with van der Waals surface area (Å²) in [5.41, 5.74) is 27.2. The molecule has 0 saturated heterocycles. The summed E-state index contributed by atoms with van der Waals surface area (Å²) >= 11 is 1.50. The van der Waals surface area contributed by atoms with Crippen LogP contribution in [0.3, 0.4) is 0 Å². The van der Waals surface area contributed by atoms with Gasteiger partial charge in [0, 0.05) is 78.8 Å². The second-order valence-electron chi connectivity index (χ2n) is 35.1. The van der Waals surface area contributed by atoms with Crippen LogP contribution < -0.4 is 73.9 Å².